The zero-order valence-electron chi connectivity index (χ0n) is 19.0. The van der Waals surface area contributed by atoms with Gasteiger partial charge in [-0.2, -0.15) is 10.4 Å². The molecule has 3 aromatic heterocycles. The standard InChI is InChI=1S/C25H25N5O2S/c1-15(2)30-24-20(14-27-30)19(13-22(28-24)18-12-16(3)32-17(18)4)25(31)29-21-8-5-6-9-23(21)33-11-7-10-26/h5-6,8-9,12-15H,7,11H2,1-4H3,(H,29,31). The van der Waals surface area contributed by atoms with Gasteiger partial charge in [-0.15, -0.1) is 11.8 Å². The molecule has 1 aromatic carbocycles. The maximum Gasteiger partial charge on any atom is 0.256 e. The molecule has 0 aliphatic carbocycles. The molecule has 1 amide bonds. The largest absolute Gasteiger partial charge is 0.466 e. The number of thioether (sulfide) groups is 1. The van der Waals surface area contributed by atoms with Crippen molar-refractivity contribution in [3.63, 3.8) is 0 Å². The molecule has 1 N–H and O–H groups in total. The minimum Gasteiger partial charge on any atom is -0.466 e. The molecule has 4 aromatic rings. The fourth-order valence-electron chi connectivity index (χ4n) is 3.70. The number of fused-ring (bicyclic) bond motifs is 1. The summed E-state index contributed by atoms with van der Waals surface area (Å²) >= 11 is 1.55. The Bertz CT molecular complexity index is 1360. The summed E-state index contributed by atoms with van der Waals surface area (Å²) in [5, 5.41) is 17.1. The average molecular weight is 460 g/mol. The van der Waals surface area contributed by atoms with Crippen molar-refractivity contribution >= 4 is 34.4 Å². The summed E-state index contributed by atoms with van der Waals surface area (Å²) < 4.78 is 7.53. The normalized spacial score (nSPS) is 11.2. The van der Waals surface area contributed by atoms with Crippen molar-refractivity contribution in [3.8, 4) is 17.3 Å². The van der Waals surface area contributed by atoms with Crippen LogP contribution in [-0.2, 0) is 0 Å². The highest BCUT2D eigenvalue weighted by atomic mass is 32.2. The maximum absolute atomic E-state index is 13.5. The minimum absolute atomic E-state index is 0.0885. The summed E-state index contributed by atoms with van der Waals surface area (Å²) in [6, 6.07) is 13.6. The van der Waals surface area contributed by atoms with Crippen LogP contribution in [0, 0.1) is 25.2 Å². The second-order valence-electron chi connectivity index (χ2n) is 8.01. The van der Waals surface area contributed by atoms with E-state index in [9.17, 15) is 4.79 Å². The van der Waals surface area contributed by atoms with Gasteiger partial charge in [-0.3, -0.25) is 4.79 Å². The molecule has 0 aliphatic rings. The van der Waals surface area contributed by atoms with Gasteiger partial charge in [0.05, 0.1) is 34.6 Å². The summed E-state index contributed by atoms with van der Waals surface area (Å²) in [5.74, 6) is 1.96. The third-order valence-corrected chi connectivity index (χ3v) is 6.30. The highest BCUT2D eigenvalue weighted by Gasteiger charge is 2.21. The molecule has 0 saturated heterocycles. The van der Waals surface area contributed by atoms with E-state index in [2.05, 4.69) is 16.5 Å². The first-order chi connectivity index (χ1) is 15.9. The van der Waals surface area contributed by atoms with Crippen LogP contribution >= 0.6 is 11.8 Å². The van der Waals surface area contributed by atoms with E-state index < -0.39 is 0 Å². The van der Waals surface area contributed by atoms with Crippen molar-refractivity contribution in [1.29, 1.82) is 5.26 Å². The smallest absolute Gasteiger partial charge is 0.256 e. The van der Waals surface area contributed by atoms with Crippen molar-refractivity contribution < 1.29 is 9.21 Å². The first-order valence-electron chi connectivity index (χ1n) is 10.7. The lowest BCUT2D eigenvalue weighted by Crippen LogP contribution is -2.14. The second-order valence-corrected chi connectivity index (χ2v) is 9.15. The molecule has 4 rings (SSSR count). The van der Waals surface area contributed by atoms with Gasteiger partial charge in [0.25, 0.3) is 5.91 Å². The molecule has 0 radical (unpaired) electrons. The van der Waals surface area contributed by atoms with Gasteiger partial charge in [-0.1, -0.05) is 12.1 Å². The predicted octanol–water partition coefficient (Wildman–Crippen LogP) is 6.15. The number of hydrogen-bond acceptors (Lipinski definition) is 6. The number of benzene rings is 1. The number of para-hydroxylation sites is 1. The van der Waals surface area contributed by atoms with Crippen LogP contribution in [0.2, 0.25) is 0 Å². The van der Waals surface area contributed by atoms with Crippen LogP contribution in [-0.4, -0.2) is 26.4 Å². The SMILES string of the molecule is Cc1cc(-c2cc(C(=O)Nc3ccccc3SCCC#N)c3cnn(C(C)C)c3n2)c(C)o1. The molecule has 0 saturated carbocycles. The van der Waals surface area contributed by atoms with Gasteiger partial charge in [0.15, 0.2) is 5.65 Å². The van der Waals surface area contributed by atoms with Crippen molar-refractivity contribution in [2.75, 3.05) is 11.1 Å². The molecule has 0 fully saturated rings. The number of aryl methyl sites for hydroxylation is 2. The number of carbonyl (C=O) groups is 1. The van der Waals surface area contributed by atoms with Crippen LogP contribution < -0.4 is 5.32 Å². The molecule has 0 unspecified atom stereocenters. The lowest BCUT2D eigenvalue weighted by atomic mass is 10.1. The molecule has 168 valence electrons. The van der Waals surface area contributed by atoms with Gasteiger partial charge in [0, 0.05) is 28.7 Å². The Morgan fingerprint density at radius 2 is 2.06 bits per heavy atom. The number of nitrogens with one attached hydrogen (secondary N) is 1. The number of nitriles is 1. The van der Waals surface area contributed by atoms with E-state index in [0.29, 0.717) is 40.2 Å². The molecule has 3 heterocycles. The number of hydrogen-bond donors (Lipinski definition) is 1. The van der Waals surface area contributed by atoms with E-state index in [1.54, 1.807) is 24.0 Å². The maximum atomic E-state index is 13.5. The Kier molecular flexibility index (Phi) is 6.52. The Labute approximate surface area is 196 Å². The molecule has 0 aliphatic heterocycles. The van der Waals surface area contributed by atoms with E-state index in [1.165, 1.54) is 0 Å². The predicted molar refractivity (Wildman–Crippen MR) is 130 cm³/mol. The highest BCUT2D eigenvalue weighted by molar-refractivity contribution is 7.99. The number of aromatic nitrogens is 3. The van der Waals surface area contributed by atoms with Gasteiger partial charge < -0.3 is 9.73 Å². The fraction of sp³-hybridized carbons (Fsp3) is 0.280. The zero-order chi connectivity index (χ0) is 23.5. The monoisotopic (exact) mass is 459 g/mol. The number of rotatable bonds is 7. The Balaban J connectivity index is 1.78. The average Bonchev–Trinajstić information content (AvgIpc) is 3.36. The van der Waals surface area contributed by atoms with Crippen molar-refractivity contribution in [2.45, 2.75) is 45.1 Å². The second kappa shape index (κ2) is 9.51. The summed E-state index contributed by atoms with van der Waals surface area (Å²) in [5.41, 5.74) is 3.39. The summed E-state index contributed by atoms with van der Waals surface area (Å²) in [7, 11) is 0. The quantitative estimate of drug-likeness (QED) is 0.263. The van der Waals surface area contributed by atoms with Crippen LogP contribution in [0.1, 0.15) is 48.2 Å². The first-order valence-corrected chi connectivity index (χ1v) is 11.7. The molecule has 0 spiro atoms. The van der Waals surface area contributed by atoms with E-state index in [0.717, 1.165) is 22.0 Å². The molecule has 0 bridgehead atoms. The Morgan fingerprint density at radius 3 is 2.76 bits per heavy atom. The van der Waals surface area contributed by atoms with E-state index in [1.807, 2.05) is 62.7 Å². The third kappa shape index (κ3) is 4.64. The lowest BCUT2D eigenvalue weighted by molar-refractivity contribution is 0.102. The van der Waals surface area contributed by atoms with Crippen LogP contribution in [0.5, 0.6) is 0 Å². The van der Waals surface area contributed by atoms with Crippen LogP contribution in [0.25, 0.3) is 22.3 Å². The third-order valence-electron chi connectivity index (χ3n) is 5.22. The number of anilines is 1. The lowest BCUT2D eigenvalue weighted by Gasteiger charge is -2.13. The number of carbonyl (C=O) groups excluding carboxylic acids is 1. The highest BCUT2D eigenvalue weighted by Crippen LogP contribution is 2.32. The molecule has 33 heavy (non-hydrogen) atoms. The number of nitrogens with zero attached hydrogens (tertiary/aromatic N) is 4. The van der Waals surface area contributed by atoms with Crippen LogP contribution in [0.4, 0.5) is 5.69 Å². The molecule has 8 heteroatoms. The summed E-state index contributed by atoms with van der Waals surface area (Å²) in [6.45, 7) is 7.84. The van der Waals surface area contributed by atoms with Crippen molar-refractivity contribution in [2.24, 2.45) is 0 Å². The van der Waals surface area contributed by atoms with E-state index in [4.69, 9.17) is 14.7 Å². The number of furan rings is 1. The Morgan fingerprint density at radius 1 is 1.27 bits per heavy atom. The topological polar surface area (TPSA) is 96.7 Å². The van der Waals surface area contributed by atoms with Crippen LogP contribution in [0.3, 0.4) is 0 Å². The number of pyridine rings is 1. The van der Waals surface area contributed by atoms with Gasteiger partial charge >= 0.3 is 0 Å². The van der Waals surface area contributed by atoms with E-state index >= 15 is 0 Å². The van der Waals surface area contributed by atoms with Gasteiger partial charge in [0.1, 0.15) is 11.5 Å². The van der Waals surface area contributed by atoms with Crippen molar-refractivity contribution in [1.82, 2.24) is 14.8 Å². The first kappa shape index (κ1) is 22.6. The zero-order valence-corrected chi connectivity index (χ0v) is 19.9. The van der Waals surface area contributed by atoms with E-state index in [-0.39, 0.29) is 11.9 Å². The summed E-state index contributed by atoms with van der Waals surface area (Å²) in [6.07, 6.45) is 2.14. The molecule has 7 nitrogen and oxygen atoms in total. The minimum atomic E-state index is -0.238. The summed E-state index contributed by atoms with van der Waals surface area (Å²) in [4.78, 5) is 19.3. The number of amides is 1. The fourth-order valence-corrected chi connectivity index (χ4v) is 4.56. The molecular weight excluding hydrogens is 434 g/mol. The van der Waals surface area contributed by atoms with Gasteiger partial charge in [-0.05, 0) is 52.0 Å². The van der Waals surface area contributed by atoms with Gasteiger partial charge in [-0.25, -0.2) is 9.67 Å². The Hall–Kier alpha value is -3.57. The van der Waals surface area contributed by atoms with Crippen molar-refractivity contribution in [3.05, 3.63) is 59.7 Å². The van der Waals surface area contributed by atoms with Gasteiger partial charge in [0.2, 0.25) is 0 Å². The van der Waals surface area contributed by atoms with Crippen LogP contribution in [0.15, 0.2) is 51.9 Å². The molecular formula is C25H25N5O2S. The molecule has 0 atom stereocenters.